The highest BCUT2D eigenvalue weighted by atomic mass is 32.1. The molecule has 0 saturated heterocycles. The van der Waals surface area contributed by atoms with E-state index in [1.54, 1.807) is 5.19 Å². The lowest BCUT2D eigenvalue weighted by Crippen LogP contribution is -2.38. The summed E-state index contributed by atoms with van der Waals surface area (Å²) in [6.07, 6.45) is 0. The summed E-state index contributed by atoms with van der Waals surface area (Å²) in [5.74, 6) is 0. The van der Waals surface area contributed by atoms with Gasteiger partial charge in [-0.2, -0.15) is 0 Å². The molecule has 0 amide bonds. The molecule has 0 saturated carbocycles. The molecule has 0 radical (unpaired) electrons. The Labute approximate surface area is 90.6 Å². The number of hydrogen-bond donors (Lipinski definition) is 0. The number of hydrogen-bond acceptors (Lipinski definition) is 1. The summed E-state index contributed by atoms with van der Waals surface area (Å²) in [6, 6.07) is 8.79. The molecule has 0 nitrogen and oxygen atoms in total. The van der Waals surface area contributed by atoms with Gasteiger partial charge < -0.3 is 0 Å². The average molecular weight is 220 g/mol. The van der Waals surface area contributed by atoms with Crippen molar-refractivity contribution in [2.45, 2.75) is 26.6 Å². The molecule has 0 spiro atoms. The molecule has 1 aromatic heterocycles. The molecule has 1 heterocycles. The Morgan fingerprint density at radius 1 is 1.07 bits per heavy atom. The first-order valence-electron chi connectivity index (χ1n) is 4.99. The molecule has 0 fully saturated rings. The van der Waals surface area contributed by atoms with Gasteiger partial charge in [-0.25, -0.2) is 0 Å². The third-order valence-electron chi connectivity index (χ3n) is 2.52. The zero-order valence-corrected chi connectivity index (χ0v) is 11.0. The smallest absolute Gasteiger partial charge is 0.0798 e. The Morgan fingerprint density at radius 2 is 1.71 bits per heavy atom. The van der Waals surface area contributed by atoms with Gasteiger partial charge in [0.05, 0.1) is 8.07 Å². The van der Waals surface area contributed by atoms with E-state index in [-0.39, 0.29) is 0 Å². The van der Waals surface area contributed by atoms with Gasteiger partial charge in [0.1, 0.15) is 0 Å². The first kappa shape index (κ1) is 9.93. The highest BCUT2D eigenvalue weighted by molar-refractivity contribution is 7.21. The van der Waals surface area contributed by atoms with Crippen LogP contribution in [0, 0.1) is 6.92 Å². The Hall–Kier alpha value is -0.603. The van der Waals surface area contributed by atoms with Crippen LogP contribution >= 0.6 is 11.3 Å². The molecule has 1 aromatic carbocycles. The lowest BCUT2D eigenvalue weighted by Gasteiger charge is -2.16. The first-order chi connectivity index (χ1) is 6.50. The van der Waals surface area contributed by atoms with Gasteiger partial charge in [0.15, 0.2) is 0 Å². The summed E-state index contributed by atoms with van der Waals surface area (Å²) in [5.41, 5.74) is 0. The average Bonchev–Trinajstić information content (AvgIpc) is 2.38. The molecular weight excluding hydrogens is 204 g/mol. The molecule has 0 bridgehead atoms. The number of fused-ring (bicyclic) bond motifs is 1. The maximum Gasteiger partial charge on any atom is 0.0798 e. The Kier molecular flexibility index (Phi) is 2.28. The largest absolute Gasteiger partial charge is 0.141 e. The highest BCUT2D eigenvalue weighted by Gasteiger charge is 2.22. The van der Waals surface area contributed by atoms with Crippen LogP contribution in [0.15, 0.2) is 24.3 Å². The minimum Gasteiger partial charge on any atom is -0.141 e. The zero-order valence-electron chi connectivity index (χ0n) is 9.22. The van der Waals surface area contributed by atoms with Crippen molar-refractivity contribution in [3.05, 3.63) is 29.1 Å². The molecule has 0 N–H and O–H groups in total. The number of thiophene rings is 1. The first-order valence-corrected chi connectivity index (χ1v) is 9.30. The van der Waals surface area contributed by atoms with Crippen LogP contribution in [0.4, 0.5) is 0 Å². The van der Waals surface area contributed by atoms with Crippen molar-refractivity contribution in [2.75, 3.05) is 0 Å². The number of rotatable bonds is 1. The van der Waals surface area contributed by atoms with Crippen LogP contribution < -0.4 is 5.19 Å². The molecule has 2 heteroatoms. The molecule has 2 rings (SSSR count). The van der Waals surface area contributed by atoms with E-state index in [0.717, 1.165) is 0 Å². The maximum atomic E-state index is 2.43. The van der Waals surface area contributed by atoms with Crippen LogP contribution in [0.5, 0.6) is 0 Å². The second-order valence-electron chi connectivity index (χ2n) is 4.78. The fourth-order valence-corrected chi connectivity index (χ4v) is 6.31. The Bertz CT molecular complexity index is 463. The highest BCUT2D eigenvalue weighted by Crippen LogP contribution is 2.25. The van der Waals surface area contributed by atoms with Gasteiger partial charge in [0.2, 0.25) is 0 Å². The molecule has 74 valence electrons. The van der Waals surface area contributed by atoms with Crippen LogP contribution in [-0.4, -0.2) is 8.07 Å². The van der Waals surface area contributed by atoms with Crippen LogP contribution in [0.25, 0.3) is 10.1 Å². The molecule has 14 heavy (non-hydrogen) atoms. The summed E-state index contributed by atoms with van der Waals surface area (Å²) in [7, 11) is -1.18. The van der Waals surface area contributed by atoms with Gasteiger partial charge in [-0.15, -0.1) is 11.3 Å². The second-order valence-corrected chi connectivity index (χ2v) is 11.0. The van der Waals surface area contributed by atoms with Gasteiger partial charge >= 0.3 is 0 Å². The maximum absolute atomic E-state index is 2.43. The van der Waals surface area contributed by atoms with Crippen molar-refractivity contribution < 1.29 is 0 Å². The standard InChI is InChI=1S/C12H16SSi/c1-9-12(14(2,3)4)10-7-5-6-8-11(10)13-9/h5-8H,1-4H3. The van der Waals surface area contributed by atoms with E-state index in [1.165, 1.54) is 15.0 Å². The van der Waals surface area contributed by atoms with E-state index < -0.39 is 8.07 Å². The van der Waals surface area contributed by atoms with E-state index in [2.05, 4.69) is 50.8 Å². The summed E-state index contributed by atoms with van der Waals surface area (Å²) in [5, 5.41) is 3.15. The summed E-state index contributed by atoms with van der Waals surface area (Å²) >= 11 is 1.94. The van der Waals surface area contributed by atoms with Crippen molar-refractivity contribution in [1.82, 2.24) is 0 Å². The lowest BCUT2D eigenvalue weighted by molar-refractivity contribution is 1.64. The number of benzene rings is 1. The van der Waals surface area contributed by atoms with Crippen LogP contribution in [-0.2, 0) is 0 Å². The fourth-order valence-electron chi connectivity index (χ4n) is 2.10. The monoisotopic (exact) mass is 220 g/mol. The third-order valence-corrected chi connectivity index (χ3v) is 5.93. The third kappa shape index (κ3) is 1.53. The second kappa shape index (κ2) is 3.21. The van der Waals surface area contributed by atoms with Crippen molar-refractivity contribution in [1.29, 1.82) is 0 Å². The SMILES string of the molecule is Cc1sc2ccccc2c1[Si](C)(C)C. The summed E-state index contributed by atoms with van der Waals surface area (Å²) < 4.78 is 1.45. The van der Waals surface area contributed by atoms with E-state index in [1.807, 2.05) is 11.3 Å². The minimum atomic E-state index is -1.18. The molecule has 0 unspecified atom stereocenters. The van der Waals surface area contributed by atoms with E-state index in [0.29, 0.717) is 0 Å². The molecule has 2 aromatic rings. The number of aryl methyl sites for hydroxylation is 1. The van der Waals surface area contributed by atoms with E-state index in [4.69, 9.17) is 0 Å². The Balaban J connectivity index is 2.81. The Morgan fingerprint density at radius 3 is 2.36 bits per heavy atom. The summed E-state index contributed by atoms with van der Waals surface area (Å²) in [4.78, 5) is 1.52. The molecule has 0 aliphatic carbocycles. The van der Waals surface area contributed by atoms with Crippen molar-refractivity contribution in [2.24, 2.45) is 0 Å². The van der Waals surface area contributed by atoms with E-state index >= 15 is 0 Å². The molecule has 0 aliphatic rings. The molecule has 0 aliphatic heterocycles. The normalized spacial score (nSPS) is 12.3. The predicted octanol–water partition coefficient (Wildman–Crippen LogP) is 3.75. The van der Waals surface area contributed by atoms with Gasteiger partial charge in [-0.05, 0) is 23.6 Å². The van der Waals surface area contributed by atoms with Crippen LogP contribution in [0.1, 0.15) is 4.88 Å². The van der Waals surface area contributed by atoms with E-state index in [9.17, 15) is 0 Å². The quantitative estimate of drug-likeness (QED) is 0.642. The predicted molar refractivity (Wildman–Crippen MR) is 69.5 cm³/mol. The lowest BCUT2D eigenvalue weighted by atomic mass is 10.2. The van der Waals surface area contributed by atoms with Gasteiger partial charge in [0.25, 0.3) is 0 Å². The van der Waals surface area contributed by atoms with Crippen LogP contribution in [0.2, 0.25) is 19.6 Å². The van der Waals surface area contributed by atoms with Gasteiger partial charge in [-0.3, -0.25) is 0 Å². The molecular formula is C12H16SSi. The van der Waals surface area contributed by atoms with Crippen molar-refractivity contribution in [3.8, 4) is 0 Å². The van der Waals surface area contributed by atoms with Crippen LogP contribution in [0.3, 0.4) is 0 Å². The fraction of sp³-hybridized carbons (Fsp3) is 0.333. The zero-order chi connectivity index (χ0) is 10.3. The summed E-state index contributed by atoms with van der Waals surface area (Å²) in [6.45, 7) is 9.54. The van der Waals surface area contributed by atoms with Crippen molar-refractivity contribution >= 4 is 34.7 Å². The minimum absolute atomic E-state index is 1.18. The molecule has 0 atom stereocenters. The van der Waals surface area contributed by atoms with Gasteiger partial charge in [0, 0.05) is 9.58 Å². The van der Waals surface area contributed by atoms with Crippen molar-refractivity contribution in [3.63, 3.8) is 0 Å². The topological polar surface area (TPSA) is 0 Å². The van der Waals surface area contributed by atoms with Gasteiger partial charge in [-0.1, -0.05) is 37.8 Å².